The van der Waals surface area contributed by atoms with Crippen molar-refractivity contribution >= 4 is 17.1 Å². The molecule has 34 heavy (non-hydrogen) atoms. The van der Waals surface area contributed by atoms with Gasteiger partial charge in [-0.1, -0.05) is 61.5 Å². The van der Waals surface area contributed by atoms with Crippen molar-refractivity contribution in [2.75, 3.05) is 6.61 Å². The average molecular weight is 459 g/mol. The minimum Gasteiger partial charge on any atom is -0.480 e. The molecular weight excluding hydrogens is 432 g/mol. The second kappa shape index (κ2) is 9.65. The second-order valence-corrected chi connectivity index (χ2v) is 8.46. The SMILES string of the molecule is CCc1ccc(-c2c(-c3ccccc3)oc3ncnc(O[C@@H]4CC[C@H](OCC(=O)O)C4)c23)cc1. The fraction of sp³-hybridized carbons (Fsp3) is 0.296. The lowest BCUT2D eigenvalue weighted by Crippen LogP contribution is -2.18. The first-order valence-electron chi connectivity index (χ1n) is 11.5. The Bertz CT molecular complexity index is 1280. The van der Waals surface area contributed by atoms with Crippen LogP contribution in [0.5, 0.6) is 5.88 Å². The Morgan fingerprint density at radius 2 is 1.79 bits per heavy atom. The Hall–Kier alpha value is -3.71. The molecule has 4 aromatic rings. The lowest BCUT2D eigenvalue weighted by molar-refractivity contribution is -0.144. The summed E-state index contributed by atoms with van der Waals surface area (Å²) in [5.41, 5.74) is 4.57. The molecule has 0 saturated heterocycles. The highest BCUT2D eigenvalue weighted by molar-refractivity contribution is 6.03. The number of ether oxygens (including phenoxy) is 2. The van der Waals surface area contributed by atoms with E-state index in [1.165, 1.54) is 11.9 Å². The molecule has 1 N–H and O–H groups in total. The summed E-state index contributed by atoms with van der Waals surface area (Å²) in [5.74, 6) is 0.223. The van der Waals surface area contributed by atoms with E-state index in [1.54, 1.807) is 0 Å². The monoisotopic (exact) mass is 458 g/mol. The summed E-state index contributed by atoms with van der Waals surface area (Å²) >= 11 is 0. The summed E-state index contributed by atoms with van der Waals surface area (Å²) in [6.07, 6.45) is 4.28. The maximum absolute atomic E-state index is 10.8. The molecule has 1 aliphatic rings. The number of aromatic nitrogens is 2. The first-order valence-corrected chi connectivity index (χ1v) is 11.5. The van der Waals surface area contributed by atoms with Gasteiger partial charge >= 0.3 is 5.97 Å². The molecule has 5 rings (SSSR count). The molecule has 1 saturated carbocycles. The number of nitrogens with zero attached hydrogens (tertiary/aromatic N) is 2. The number of aryl methyl sites for hydroxylation is 1. The standard InChI is InChI=1S/C27H26N2O5/c1-2-17-8-10-18(11-9-17)23-24-26(33-21-13-12-20(14-21)32-15-22(30)31)28-16-29-27(24)34-25(23)19-6-4-3-5-7-19/h3-11,16,20-21H,2,12-15H2,1H3,(H,30,31)/t20-,21+/m0/s1. The molecular formula is C27H26N2O5. The van der Waals surface area contributed by atoms with Crippen LogP contribution in [0.2, 0.25) is 0 Å². The van der Waals surface area contributed by atoms with Crippen molar-refractivity contribution in [3.63, 3.8) is 0 Å². The average Bonchev–Trinajstić information content (AvgIpc) is 3.48. The van der Waals surface area contributed by atoms with E-state index in [-0.39, 0.29) is 18.8 Å². The summed E-state index contributed by atoms with van der Waals surface area (Å²) in [6.45, 7) is 1.84. The van der Waals surface area contributed by atoms with Gasteiger partial charge in [-0.15, -0.1) is 0 Å². The van der Waals surface area contributed by atoms with Crippen LogP contribution in [0.1, 0.15) is 31.7 Å². The number of rotatable bonds is 8. The van der Waals surface area contributed by atoms with Gasteiger partial charge in [-0.3, -0.25) is 0 Å². The Morgan fingerprint density at radius 1 is 1.03 bits per heavy atom. The van der Waals surface area contributed by atoms with Gasteiger partial charge in [-0.25, -0.2) is 14.8 Å². The Kier molecular flexibility index (Phi) is 6.27. The van der Waals surface area contributed by atoms with Crippen LogP contribution in [0.25, 0.3) is 33.6 Å². The normalized spacial score (nSPS) is 17.8. The first-order chi connectivity index (χ1) is 16.6. The molecule has 1 fully saturated rings. The number of aliphatic carboxylic acids is 1. The molecule has 0 aliphatic heterocycles. The lowest BCUT2D eigenvalue weighted by atomic mass is 9.98. The van der Waals surface area contributed by atoms with Gasteiger partial charge in [-0.05, 0) is 30.4 Å². The lowest BCUT2D eigenvalue weighted by Gasteiger charge is -2.14. The van der Waals surface area contributed by atoms with Crippen LogP contribution in [-0.4, -0.2) is 39.9 Å². The van der Waals surface area contributed by atoms with Crippen LogP contribution >= 0.6 is 0 Å². The molecule has 2 heterocycles. The van der Waals surface area contributed by atoms with Crippen LogP contribution in [0.15, 0.2) is 65.3 Å². The molecule has 0 amide bonds. The maximum Gasteiger partial charge on any atom is 0.329 e. The number of furan rings is 1. The van der Waals surface area contributed by atoms with Crippen LogP contribution in [0, 0.1) is 0 Å². The zero-order chi connectivity index (χ0) is 23.5. The van der Waals surface area contributed by atoms with Crippen molar-refractivity contribution in [3.05, 3.63) is 66.5 Å². The Morgan fingerprint density at radius 3 is 2.53 bits per heavy atom. The molecule has 0 bridgehead atoms. The summed E-state index contributed by atoms with van der Waals surface area (Å²) in [5, 5.41) is 9.61. The highest BCUT2D eigenvalue weighted by Crippen LogP contribution is 2.44. The molecule has 0 spiro atoms. The van der Waals surface area contributed by atoms with E-state index >= 15 is 0 Å². The van der Waals surface area contributed by atoms with Gasteiger partial charge < -0.3 is 19.0 Å². The molecule has 7 heteroatoms. The van der Waals surface area contributed by atoms with Gasteiger partial charge in [0, 0.05) is 17.5 Å². The number of benzene rings is 2. The second-order valence-electron chi connectivity index (χ2n) is 8.46. The van der Waals surface area contributed by atoms with E-state index in [0.717, 1.165) is 47.1 Å². The number of hydrogen-bond donors (Lipinski definition) is 1. The van der Waals surface area contributed by atoms with Gasteiger partial charge in [0.25, 0.3) is 0 Å². The van der Waals surface area contributed by atoms with E-state index in [1.807, 2.05) is 30.3 Å². The third-order valence-corrected chi connectivity index (χ3v) is 6.20. The van der Waals surface area contributed by atoms with Crippen molar-refractivity contribution in [2.24, 2.45) is 0 Å². The number of fused-ring (bicyclic) bond motifs is 1. The molecule has 0 unspecified atom stereocenters. The molecule has 0 radical (unpaired) electrons. The Labute approximate surface area is 197 Å². The van der Waals surface area contributed by atoms with Crippen molar-refractivity contribution < 1.29 is 23.8 Å². The molecule has 2 aromatic heterocycles. The predicted octanol–water partition coefficient (Wildman–Crippen LogP) is 5.52. The number of carbonyl (C=O) groups is 1. The van der Waals surface area contributed by atoms with Crippen LogP contribution in [-0.2, 0) is 16.0 Å². The number of carboxylic acids is 1. The van der Waals surface area contributed by atoms with E-state index < -0.39 is 5.97 Å². The minimum atomic E-state index is -0.965. The van der Waals surface area contributed by atoms with Gasteiger partial charge in [0.15, 0.2) is 0 Å². The van der Waals surface area contributed by atoms with E-state index in [4.69, 9.17) is 19.0 Å². The van der Waals surface area contributed by atoms with E-state index in [9.17, 15) is 4.79 Å². The van der Waals surface area contributed by atoms with Gasteiger partial charge in [0.2, 0.25) is 11.6 Å². The van der Waals surface area contributed by atoms with Crippen molar-refractivity contribution in [1.82, 2.24) is 9.97 Å². The topological polar surface area (TPSA) is 94.7 Å². The van der Waals surface area contributed by atoms with E-state index in [0.29, 0.717) is 18.0 Å². The third-order valence-electron chi connectivity index (χ3n) is 6.20. The van der Waals surface area contributed by atoms with Crippen molar-refractivity contribution in [3.8, 4) is 28.3 Å². The van der Waals surface area contributed by atoms with Gasteiger partial charge in [0.05, 0.1) is 6.10 Å². The molecule has 174 valence electrons. The molecule has 7 nitrogen and oxygen atoms in total. The summed E-state index contributed by atoms with van der Waals surface area (Å²) in [7, 11) is 0. The fourth-order valence-electron chi connectivity index (χ4n) is 4.48. The quantitative estimate of drug-likeness (QED) is 0.371. The van der Waals surface area contributed by atoms with Crippen molar-refractivity contribution in [1.29, 1.82) is 0 Å². The third kappa shape index (κ3) is 4.52. The van der Waals surface area contributed by atoms with Crippen LogP contribution < -0.4 is 4.74 Å². The van der Waals surface area contributed by atoms with Gasteiger partial charge in [-0.2, -0.15) is 0 Å². The Balaban J connectivity index is 1.55. The molecule has 2 atom stereocenters. The minimum absolute atomic E-state index is 0.123. The highest BCUT2D eigenvalue weighted by atomic mass is 16.5. The number of hydrogen-bond acceptors (Lipinski definition) is 6. The van der Waals surface area contributed by atoms with E-state index in [2.05, 4.69) is 41.2 Å². The number of carboxylic acid groups (broad SMARTS) is 1. The van der Waals surface area contributed by atoms with Crippen LogP contribution in [0.4, 0.5) is 0 Å². The smallest absolute Gasteiger partial charge is 0.329 e. The largest absolute Gasteiger partial charge is 0.480 e. The zero-order valence-corrected chi connectivity index (χ0v) is 18.9. The molecule has 1 aliphatic carbocycles. The summed E-state index contributed by atoms with van der Waals surface area (Å²) in [4.78, 5) is 19.7. The summed E-state index contributed by atoms with van der Waals surface area (Å²) < 4.78 is 18.1. The molecule has 2 aromatic carbocycles. The summed E-state index contributed by atoms with van der Waals surface area (Å²) in [6, 6.07) is 18.4. The fourth-order valence-corrected chi connectivity index (χ4v) is 4.48. The van der Waals surface area contributed by atoms with Crippen LogP contribution in [0.3, 0.4) is 0 Å². The maximum atomic E-state index is 10.8. The highest BCUT2D eigenvalue weighted by Gasteiger charge is 2.30. The predicted molar refractivity (Wildman–Crippen MR) is 128 cm³/mol. The van der Waals surface area contributed by atoms with Gasteiger partial charge in [0.1, 0.15) is 30.2 Å². The van der Waals surface area contributed by atoms with Crippen molar-refractivity contribution in [2.45, 2.75) is 44.8 Å². The first kappa shape index (κ1) is 22.1. The zero-order valence-electron chi connectivity index (χ0n) is 18.9.